The molecule has 1 amide bonds. The predicted molar refractivity (Wildman–Crippen MR) is 61.4 cm³/mol. The Bertz CT molecular complexity index is 400. The van der Waals surface area contributed by atoms with Crippen molar-refractivity contribution in [2.24, 2.45) is 7.05 Å². The van der Waals surface area contributed by atoms with Crippen LogP contribution in [0.15, 0.2) is 12.3 Å². The number of carboxylic acid groups (broad SMARTS) is 1. The average molecular weight is 239 g/mol. The molecule has 0 atom stereocenters. The van der Waals surface area contributed by atoms with Crippen molar-refractivity contribution >= 4 is 11.9 Å². The van der Waals surface area contributed by atoms with Crippen LogP contribution >= 0.6 is 0 Å². The molecule has 0 aromatic carbocycles. The van der Waals surface area contributed by atoms with Gasteiger partial charge in [0.25, 0.3) is 0 Å². The molecular formula is C11H17N3O3. The summed E-state index contributed by atoms with van der Waals surface area (Å²) >= 11 is 0. The third-order valence-corrected chi connectivity index (χ3v) is 2.60. The number of aliphatic carboxylic acids is 1. The Hall–Kier alpha value is -1.85. The number of aromatic nitrogens is 2. The van der Waals surface area contributed by atoms with Crippen molar-refractivity contribution in [1.82, 2.24) is 14.7 Å². The predicted octanol–water partition coefficient (Wildman–Crippen LogP) is 0.286. The number of carboxylic acids is 1. The molecule has 0 fully saturated rings. The molecule has 1 heterocycles. The Morgan fingerprint density at radius 2 is 2.18 bits per heavy atom. The molecular weight excluding hydrogens is 222 g/mol. The molecule has 1 N–H and O–H groups in total. The number of hydrogen-bond acceptors (Lipinski definition) is 3. The summed E-state index contributed by atoms with van der Waals surface area (Å²) in [7, 11) is 3.45. The lowest BCUT2D eigenvalue weighted by Gasteiger charge is -2.15. The van der Waals surface area contributed by atoms with E-state index in [0.717, 1.165) is 5.69 Å². The molecule has 94 valence electrons. The van der Waals surface area contributed by atoms with Crippen LogP contribution in [0.5, 0.6) is 0 Å². The van der Waals surface area contributed by atoms with Crippen molar-refractivity contribution in [3.05, 3.63) is 18.0 Å². The minimum absolute atomic E-state index is 0.0199. The number of carbonyl (C=O) groups is 2. The number of rotatable bonds is 6. The largest absolute Gasteiger partial charge is 0.481 e. The lowest BCUT2D eigenvalue weighted by Crippen LogP contribution is -2.29. The summed E-state index contributed by atoms with van der Waals surface area (Å²) in [4.78, 5) is 23.5. The number of hydrogen-bond donors (Lipinski definition) is 1. The van der Waals surface area contributed by atoms with Gasteiger partial charge >= 0.3 is 5.97 Å². The van der Waals surface area contributed by atoms with Gasteiger partial charge in [-0.3, -0.25) is 14.3 Å². The normalized spacial score (nSPS) is 10.2. The van der Waals surface area contributed by atoms with Gasteiger partial charge in [0.2, 0.25) is 5.91 Å². The highest BCUT2D eigenvalue weighted by molar-refractivity contribution is 5.76. The number of amides is 1. The smallest absolute Gasteiger partial charge is 0.305 e. The first-order chi connectivity index (χ1) is 8.00. The van der Waals surface area contributed by atoms with Gasteiger partial charge in [0.15, 0.2) is 0 Å². The van der Waals surface area contributed by atoms with Crippen LogP contribution in [0.2, 0.25) is 0 Å². The molecule has 17 heavy (non-hydrogen) atoms. The standard InChI is InChI=1S/C11H17N3O3/c1-13(8-6-11(16)17)10(15)4-3-9-5-7-12-14(9)2/h5,7H,3-4,6,8H2,1-2H3,(H,16,17). The highest BCUT2D eigenvalue weighted by Gasteiger charge is 2.11. The van der Waals surface area contributed by atoms with E-state index in [2.05, 4.69) is 5.10 Å². The third kappa shape index (κ3) is 4.26. The monoisotopic (exact) mass is 239 g/mol. The van der Waals surface area contributed by atoms with Crippen LogP contribution in [0.4, 0.5) is 0 Å². The first kappa shape index (κ1) is 13.2. The van der Waals surface area contributed by atoms with E-state index in [1.54, 1.807) is 17.9 Å². The minimum Gasteiger partial charge on any atom is -0.481 e. The maximum atomic E-state index is 11.7. The minimum atomic E-state index is -0.892. The van der Waals surface area contributed by atoms with Crippen molar-refractivity contribution < 1.29 is 14.7 Å². The Labute approximate surface area is 99.8 Å². The molecule has 0 bridgehead atoms. The summed E-state index contributed by atoms with van der Waals surface area (Å²) in [5.74, 6) is -0.941. The number of aryl methyl sites for hydroxylation is 2. The first-order valence-electron chi connectivity index (χ1n) is 5.43. The molecule has 0 aliphatic rings. The number of carbonyl (C=O) groups excluding carboxylic acids is 1. The Morgan fingerprint density at radius 1 is 1.47 bits per heavy atom. The average Bonchev–Trinajstić information content (AvgIpc) is 2.68. The maximum absolute atomic E-state index is 11.7. The molecule has 0 saturated heterocycles. The van der Waals surface area contributed by atoms with Crippen LogP contribution < -0.4 is 0 Å². The van der Waals surface area contributed by atoms with E-state index in [1.165, 1.54) is 4.90 Å². The maximum Gasteiger partial charge on any atom is 0.305 e. The zero-order valence-electron chi connectivity index (χ0n) is 10.1. The highest BCUT2D eigenvalue weighted by Crippen LogP contribution is 2.03. The summed E-state index contributed by atoms with van der Waals surface area (Å²) in [5.41, 5.74) is 0.991. The van der Waals surface area contributed by atoms with E-state index in [9.17, 15) is 9.59 Å². The molecule has 1 aromatic heterocycles. The van der Waals surface area contributed by atoms with E-state index < -0.39 is 5.97 Å². The molecule has 0 spiro atoms. The van der Waals surface area contributed by atoms with Crippen molar-refractivity contribution in [2.45, 2.75) is 19.3 Å². The second kappa shape index (κ2) is 6.03. The van der Waals surface area contributed by atoms with Crippen molar-refractivity contribution in [2.75, 3.05) is 13.6 Å². The van der Waals surface area contributed by atoms with Crippen LogP contribution in [0, 0.1) is 0 Å². The van der Waals surface area contributed by atoms with Gasteiger partial charge in [-0.15, -0.1) is 0 Å². The fraction of sp³-hybridized carbons (Fsp3) is 0.545. The molecule has 0 saturated carbocycles. The molecule has 0 radical (unpaired) electrons. The fourth-order valence-corrected chi connectivity index (χ4v) is 1.46. The van der Waals surface area contributed by atoms with Gasteiger partial charge in [-0.25, -0.2) is 0 Å². The molecule has 6 heteroatoms. The van der Waals surface area contributed by atoms with E-state index in [1.807, 2.05) is 13.1 Å². The summed E-state index contributed by atoms with van der Waals surface area (Å²) in [6, 6.07) is 1.87. The van der Waals surface area contributed by atoms with Gasteiger partial charge in [0.05, 0.1) is 6.42 Å². The summed E-state index contributed by atoms with van der Waals surface area (Å²) in [6.45, 7) is 0.250. The topological polar surface area (TPSA) is 75.4 Å². The van der Waals surface area contributed by atoms with Crippen molar-refractivity contribution in [1.29, 1.82) is 0 Å². The second-order valence-corrected chi connectivity index (χ2v) is 3.91. The van der Waals surface area contributed by atoms with Gasteiger partial charge in [0, 0.05) is 39.0 Å². The molecule has 0 aliphatic carbocycles. The van der Waals surface area contributed by atoms with E-state index in [4.69, 9.17) is 5.11 Å². The Balaban J connectivity index is 2.34. The quantitative estimate of drug-likeness (QED) is 0.774. The summed E-state index contributed by atoms with van der Waals surface area (Å²) in [6.07, 6.45) is 2.66. The van der Waals surface area contributed by atoms with Crippen LogP contribution in [0.25, 0.3) is 0 Å². The fourth-order valence-electron chi connectivity index (χ4n) is 1.46. The number of nitrogens with zero attached hydrogens (tertiary/aromatic N) is 3. The van der Waals surface area contributed by atoms with Gasteiger partial charge in [0.1, 0.15) is 0 Å². The van der Waals surface area contributed by atoms with E-state index in [0.29, 0.717) is 12.8 Å². The van der Waals surface area contributed by atoms with Crippen LogP contribution in [-0.4, -0.2) is 45.3 Å². The van der Waals surface area contributed by atoms with Crippen LogP contribution in [0.1, 0.15) is 18.5 Å². The lowest BCUT2D eigenvalue weighted by atomic mass is 10.2. The van der Waals surface area contributed by atoms with Gasteiger partial charge in [-0.2, -0.15) is 5.10 Å². The van der Waals surface area contributed by atoms with E-state index >= 15 is 0 Å². The molecule has 0 unspecified atom stereocenters. The van der Waals surface area contributed by atoms with Crippen LogP contribution in [-0.2, 0) is 23.1 Å². The summed E-state index contributed by atoms with van der Waals surface area (Å²) in [5, 5.41) is 12.5. The van der Waals surface area contributed by atoms with Crippen LogP contribution in [0.3, 0.4) is 0 Å². The zero-order valence-corrected chi connectivity index (χ0v) is 10.1. The second-order valence-electron chi connectivity index (χ2n) is 3.91. The zero-order chi connectivity index (χ0) is 12.8. The van der Waals surface area contributed by atoms with Gasteiger partial charge in [-0.05, 0) is 12.5 Å². The van der Waals surface area contributed by atoms with Crippen molar-refractivity contribution in [3.8, 4) is 0 Å². The third-order valence-electron chi connectivity index (χ3n) is 2.60. The summed E-state index contributed by atoms with van der Waals surface area (Å²) < 4.78 is 1.73. The van der Waals surface area contributed by atoms with Crippen molar-refractivity contribution in [3.63, 3.8) is 0 Å². The first-order valence-corrected chi connectivity index (χ1v) is 5.43. The lowest BCUT2D eigenvalue weighted by molar-refractivity contribution is -0.138. The Kier molecular flexibility index (Phi) is 4.68. The Morgan fingerprint density at radius 3 is 2.71 bits per heavy atom. The van der Waals surface area contributed by atoms with Gasteiger partial charge < -0.3 is 10.0 Å². The molecule has 0 aliphatic heterocycles. The molecule has 6 nitrogen and oxygen atoms in total. The van der Waals surface area contributed by atoms with E-state index in [-0.39, 0.29) is 18.9 Å². The highest BCUT2D eigenvalue weighted by atomic mass is 16.4. The molecule has 1 aromatic rings. The SMILES string of the molecule is CN(CCC(=O)O)C(=O)CCc1ccnn1C. The van der Waals surface area contributed by atoms with Gasteiger partial charge in [-0.1, -0.05) is 0 Å². The molecule has 1 rings (SSSR count).